The van der Waals surface area contributed by atoms with Crippen LogP contribution in [0.4, 0.5) is 0 Å². The Morgan fingerprint density at radius 2 is 2.17 bits per heavy atom. The Balaban J connectivity index is 2.31. The minimum absolute atomic E-state index is 0.591. The van der Waals surface area contributed by atoms with E-state index in [0.717, 1.165) is 12.2 Å². The molecule has 0 saturated carbocycles. The van der Waals surface area contributed by atoms with Gasteiger partial charge in [0.2, 0.25) is 0 Å². The molecule has 0 atom stereocenters. The summed E-state index contributed by atoms with van der Waals surface area (Å²) in [5.74, 6) is 1.49. The normalized spacial score (nSPS) is 14.2. The third kappa shape index (κ3) is 1.16. The zero-order valence-corrected chi connectivity index (χ0v) is 6.91. The SMILES string of the molecule is COC1=CCc2ccccc2O1. The number of benzene rings is 1. The van der Waals surface area contributed by atoms with Crippen LogP contribution in [0.15, 0.2) is 36.3 Å². The molecule has 0 amide bonds. The Bertz CT molecular complexity index is 315. The van der Waals surface area contributed by atoms with E-state index in [-0.39, 0.29) is 0 Å². The summed E-state index contributed by atoms with van der Waals surface area (Å²) in [6.07, 6.45) is 2.82. The maximum atomic E-state index is 5.42. The van der Waals surface area contributed by atoms with Gasteiger partial charge in [-0.15, -0.1) is 0 Å². The smallest absolute Gasteiger partial charge is 0.280 e. The molecule has 0 aliphatic carbocycles. The van der Waals surface area contributed by atoms with Crippen LogP contribution in [-0.4, -0.2) is 7.11 Å². The second-order valence-electron chi connectivity index (χ2n) is 2.64. The second-order valence-corrected chi connectivity index (χ2v) is 2.64. The van der Waals surface area contributed by atoms with Crippen LogP contribution in [-0.2, 0) is 11.2 Å². The fourth-order valence-electron chi connectivity index (χ4n) is 1.24. The minimum atomic E-state index is 0.591. The molecular weight excluding hydrogens is 152 g/mol. The fourth-order valence-corrected chi connectivity index (χ4v) is 1.24. The molecule has 0 bridgehead atoms. The molecule has 0 radical (unpaired) electrons. The number of fused-ring (bicyclic) bond motifs is 1. The Kier molecular flexibility index (Phi) is 1.74. The van der Waals surface area contributed by atoms with Crippen molar-refractivity contribution in [2.45, 2.75) is 6.42 Å². The van der Waals surface area contributed by atoms with E-state index < -0.39 is 0 Å². The van der Waals surface area contributed by atoms with Gasteiger partial charge in [0.15, 0.2) is 0 Å². The maximum absolute atomic E-state index is 5.42. The van der Waals surface area contributed by atoms with Crippen molar-refractivity contribution in [3.05, 3.63) is 41.9 Å². The number of hydrogen-bond acceptors (Lipinski definition) is 2. The van der Waals surface area contributed by atoms with Gasteiger partial charge in [-0.3, -0.25) is 0 Å². The van der Waals surface area contributed by atoms with Gasteiger partial charge in [-0.1, -0.05) is 18.2 Å². The van der Waals surface area contributed by atoms with Gasteiger partial charge in [-0.25, -0.2) is 0 Å². The van der Waals surface area contributed by atoms with Gasteiger partial charge in [0, 0.05) is 12.5 Å². The molecule has 0 unspecified atom stereocenters. The summed E-state index contributed by atoms with van der Waals surface area (Å²) >= 11 is 0. The van der Waals surface area contributed by atoms with Crippen molar-refractivity contribution in [2.75, 3.05) is 7.11 Å². The third-order valence-corrected chi connectivity index (χ3v) is 1.87. The van der Waals surface area contributed by atoms with E-state index in [1.807, 2.05) is 24.3 Å². The van der Waals surface area contributed by atoms with E-state index >= 15 is 0 Å². The van der Waals surface area contributed by atoms with Gasteiger partial charge in [0.05, 0.1) is 7.11 Å². The Hall–Kier alpha value is -1.44. The highest BCUT2D eigenvalue weighted by Crippen LogP contribution is 2.25. The lowest BCUT2D eigenvalue weighted by Gasteiger charge is -2.15. The molecule has 1 aliphatic rings. The van der Waals surface area contributed by atoms with Crippen molar-refractivity contribution in [1.29, 1.82) is 0 Å². The molecule has 1 aromatic carbocycles. The number of methoxy groups -OCH3 is 1. The van der Waals surface area contributed by atoms with Crippen LogP contribution in [0.1, 0.15) is 5.56 Å². The molecule has 2 nitrogen and oxygen atoms in total. The summed E-state index contributed by atoms with van der Waals surface area (Å²) < 4.78 is 10.4. The van der Waals surface area contributed by atoms with Crippen molar-refractivity contribution in [2.24, 2.45) is 0 Å². The van der Waals surface area contributed by atoms with Crippen LogP contribution >= 0.6 is 0 Å². The van der Waals surface area contributed by atoms with Crippen LogP contribution in [0.2, 0.25) is 0 Å². The molecule has 12 heavy (non-hydrogen) atoms. The Morgan fingerprint density at radius 1 is 1.33 bits per heavy atom. The lowest BCUT2D eigenvalue weighted by molar-refractivity contribution is 0.145. The number of ether oxygens (including phenoxy) is 2. The lowest BCUT2D eigenvalue weighted by Crippen LogP contribution is -2.05. The van der Waals surface area contributed by atoms with Gasteiger partial charge < -0.3 is 9.47 Å². The highest BCUT2D eigenvalue weighted by atomic mass is 16.7. The summed E-state index contributed by atoms with van der Waals surface area (Å²) in [4.78, 5) is 0. The molecule has 0 N–H and O–H groups in total. The molecule has 1 aliphatic heterocycles. The van der Waals surface area contributed by atoms with E-state index in [9.17, 15) is 0 Å². The average Bonchev–Trinajstić information content (AvgIpc) is 2.17. The summed E-state index contributed by atoms with van der Waals surface area (Å²) in [5, 5.41) is 0. The topological polar surface area (TPSA) is 18.5 Å². The molecule has 0 saturated heterocycles. The molecule has 62 valence electrons. The quantitative estimate of drug-likeness (QED) is 0.629. The van der Waals surface area contributed by atoms with Crippen molar-refractivity contribution < 1.29 is 9.47 Å². The fraction of sp³-hybridized carbons (Fsp3) is 0.200. The zero-order valence-electron chi connectivity index (χ0n) is 6.91. The van der Waals surface area contributed by atoms with Gasteiger partial charge in [0.25, 0.3) is 5.95 Å². The maximum Gasteiger partial charge on any atom is 0.280 e. The average molecular weight is 162 g/mol. The molecule has 0 aromatic heterocycles. The summed E-state index contributed by atoms with van der Waals surface area (Å²) in [6.45, 7) is 0. The van der Waals surface area contributed by atoms with Gasteiger partial charge in [-0.2, -0.15) is 0 Å². The standard InChI is InChI=1S/C10H10O2/c1-11-10-7-6-8-4-2-3-5-9(8)12-10/h2-5,7H,6H2,1H3. The zero-order chi connectivity index (χ0) is 8.39. The van der Waals surface area contributed by atoms with Gasteiger partial charge in [-0.05, 0) is 11.6 Å². The van der Waals surface area contributed by atoms with Gasteiger partial charge in [0.1, 0.15) is 5.75 Å². The number of allylic oxidation sites excluding steroid dienone is 1. The lowest BCUT2D eigenvalue weighted by atomic mass is 10.1. The molecule has 1 heterocycles. The molecule has 2 heteroatoms. The molecule has 0 spiro atoms. The first-order chi connectivity index (χ1) is 5.90. The van der Waals surface area contributed by atoms with E-state index in [1.54, 1.807) is 7.11 Å². The van der Waals surface area contributed by atoms with Crippen molar-refractivity contribution in [3.8, 4) is 5.75 Å². The van der Waals surface area contributed by atoms with Crippen LogP contribution < -0.4 is 4.74 Å². The van der Waals surface area contributed by atoms with Crippen molar-refractivity contribution >= 4 is 0 Å². The summed E-state index contributed by atoms with van der Waals surface area (Å²) in [5.41, 5.74) is 1.21. The molecule has 1 aromatic rings. The third-order valence-electron chi connectivity index (χ3n) is 1.87. The first kappa shape index (κ1) is 7.22. The molecular formula is C10H10O2. The van der Waals surface area contributed by atoms with E-state index in [0.29, 0.717) is 5.95 Å². The number of rotatable bonds is 1. The van der Waals surface area contributed by atoms with E-state index in [4.69, 9.17) is 9.47 Å². The first-order valence-electron chi connectivity index (χ1n) is 3.90. The van der Waals surface area contributed by atoms with Crippen LogP contribution in [0, 0.1) is 0 Å². The van der Waals surface area contributed by atoms with E-state index in [2.05, 4.69) is 6.07 Å². The largest absolute Gasteiger partial charge is 0.469 e. The van der Waals surface area contributed by atoms with Crippen LogP contribution in [0.3, 0.4) is 0 Å². The summed E-state index contributed by atoms with van der Waals surface area (Å²) in [6, 6.07) is 7.96. The van der Waals surface area contributed by atoms with Crippen molar-refractivity contribution in [1.82, 2.24) is 0 Å². The Labute approximate surface area is 71.4 Å². The second kappa shape index (κ2) is 2.89. The van der Waals surface area contributed by atoms with E-state index in [1.165, 1.54) is 5.56 Å². The summed E-state index contributed by atoms with van der Waals surface area (Å²) in [7, 11) is 1.61. The monoisotopic (exact) mass is 162 g/mol. The minimum Gasteiger partial charge on any atom is -0.469 e. The highest BCUT2D eigenvalue weighted by Gasteiger charge is 2.10. The first-order valence-corrected chi connectivity index (χ1v) is 3.90. The van der Waals surface area contributed by atoms with Crippen molar-refractivity contribution in [3.63, 3.8) is 0 Å². The van der Waals surface area contributed by atoms with Gasteiger partial charge >= 0.3 is 0 Å². The number of hydrogen-bond donors (Lipinski definition) is 0. The molecule has 0 fully saturated rings. The Morgan fingerprint density at radius 3 is 3.00 bits per heavy atom. The predicted octanol–water partition coefficient (Wildman–Crippen LogP) is 2.11. The predicted molar refractivity (Wildman–Crippen MR) is 45.9 cm³/mol. The van der Waals surface area contributed by atoms with Crippen LogP contribution in [0.5, 0.6) is 5.75 Å². The molecule has 2 rings (SSSR count). The number of para-hydroxylation sites is 1. The highest BCUT2D eigenvalue weighted by molar-refractivity contribution is 5.37. The van der Waals surface area contributed by atoms with Crippen LogP contribution in [0.25, 0.3) is 0 Å².